The second kappa shape index (κ2) is 5.87. The van der Waals surface area contributed by atoms with Crippen LogP contribution in [-0.2, 0) is 4.74 Å². The van der Waals surface area contributed by atoms with Crippen molar-refractivity contribution in [1.82, 2.24) is 0 Å². The van der Waals surface area contributed by atoms with E-state index in [1.165, 1.54) is 6.92 Å². The maximum Gasteiger partial charge on any atom is 0.321 e. The Kier molecular flexibility index (Phi) is 4.20. The number of hydrogen-bond acceptors (Lipinski definition) is 3. The van der Waals surface area contributed by atoms with Gasteiger partial charge in [0.1, 0.15) is 5.75 Å². The fraction of sp³-hybridized carbons (Fsp3) is 0.250. The summed E-state index contributed by atoms with van der Waals surface area (Å²) < 4.78 is 10.7. The lowest BCUT2D eigenvalue weighted by molar-refractivity contribution is -0.304. The summed E-state index contributed by atoms with van der Waals surface area (Å²) in [7, 11) is 0. The van der Waals surface area contributed by atoms with Gasteiger partial charge in [-0.3, -0.25) is 0 Å². The molecule has 100 valence electrons. The van der Waals surface area contributed by atoms with Crippen molar-refractivity contribution in [2.45, 2.75) is 19.8 Å². The number of ether oxygens (including phenoxy) is 2. The summed E-state index contributed by atoms with van der Waals surface area (Å²) in [6.45, 7) is 3.67. The molecule has 0 aliphatic carbocycles. The molecule has 2 rings (SSSR count). The Morgan fingerprint density at radius 1 is 1.00 bits per heavy atom. The highest BCUT2D eigenvalue weighted by molar-refractivity contribution is 5.70. The molecule has 1 N–H and O–H groups in total. The Bertz CT molecular complexity index is 521. The SMILES string of the molecule is CCOC(C)(O)Oc1ccccc1-c1ccccc1. The summed E-state index contributed by atoms with van der Waals surface area (Å²) in [5, 5.41) is 9.99. The van der Waals surface area contributed by atoms with Gasteiger partial charge in [0, 0.05) is 12.5 Å². The Morgan fingerprint density at radius 2 is 1.63 bits per heavy atom. The van der Waals surface area contributed by atoms with Gasteiger partial charge in [-0.25, -0.2) is 0 Å². The highest BCUT2D eigenvalue weighted by atomic mass is 16.8. The first-order valence-corrected chi connectivity index (χ1v) is 6.32. The maximum atomic E-state index is 9.99. The molecule has 1 atom stereocenters. The first-order chi connectivity index (χ1) is 9.12. The number of para-hydroxylation sites is 1. The Morgan fingerprint density at radius 3 is 2.32 bits per heavy atom. The molecule has 0 radical (unpaired) electrons. The number of rotatable bonds is 5. The molecule has 0 aromatic heterocycles. The third-order valence-corrected chi connectivity index (χ3v) is 2.68. The van der Waals surface area contributed by atoms with Crippen molar-refractivity contribution in [3.63, 3.8) is 0 Å². The third-order valence-electron chi connectivity index (χ3n) is 2.68. The zero-order valence-electron chi connectivity index (χ0n) is 11.2. The zero-order valence-corrected chi connectivity index (χ0v) is 11.2. The summed E-state index contributed by atoms with van der Waals surface area (Å²) in [5.41, 5.74) is 1.95. The summed E-state index contributed by atoms with van der Waals surface area (Å²) in [4.78, 5) is 0. The van der Waals surface area contributed by atoms with E-state index < -0.39 is 5.97 Å². The van der Waals surface area contributed by atoms with Gasteiger partial charge in [0.05, 0.1) is 6.61 Å². The molecule has 19 heavy (non-hydrogen) atoms. The molecule has 0 fully saturated rings. The molecule has 0 aliphatic heterocycles. The van der Waals surface area contributed by atoms with Gasteiger partial charge in [0.25, 0.3) is 0 Å². The Balaban J connectivity index is 2.32. The van der Waals surface area contributed by atoms with Crippen molar-refractivity contribution >= 4 is 0 Å². The summed E-state index contributed by atoms with van der Waals surface area (Å²) in [5.74, 6) is -1.04. The Labute approximate surface area is 113 Å². The molecule has 0 bridgehead atoms. The van der Waals surface area contributed by atoms with Crippen LogP contribution in [0.15, 0.2) is 54.6 Å². The van der Waals surface area contributed by atoms with Crippen molar-refractivity contribution in [1.29, 1.82) is 0 Å². The molecule has 3 heteroatoms. The second-order valence-electron chi connectivity index (χ2n) is 4.30. The van der Waals surface area contributed by atoms with Crippen molar-refractivity contribution in [2.75, 3.05) is 6.61 Å². The molecular formula is C16H18O3. The number of aliphatic hydroxyl groups is 1. The molecule has 0 spiro atoms. The van der Waals surface area contributed by atoms with Gasteiger partial charge >= 0.3 is 5.97 Å². The van der Waals surface area contributed by atoms with Crippen LogP contribution in [0.2, 0.25) is 0 Å². The van der Waals surface area contributed by atoms with Crippen molar-refractivity contribution < 1.29 is 14.6 Å². The molecule has 2 aromatic carbocycles. The van der Waals surface area contributed by atoms with Gasteiger partial charge in [-0.15, -0.1) is 0 Å². The van der Waals surface area contributed by atoms with Gasteiger partial charge in [-0.2, -0.15) is 0 Å². The average molecular weight is 258 g/mol. The summed E-state index contributed by atoms with van der Waals surface area (Å²) >= 11 is 0. The van der Waals surface area contributed by atoms with Crippen molar-refractivity contribution in [2.24, 2.45) is 0 Å². The normalized spacial score (nSPS) is 13.8. The standard InChI is InChI=1S/C16H18O3/c1-3-18-16(2,17)19-15-12-8-7-11-14(15)13-9-5-4-6-10-13/h4-12,17H,3H2,1-2H3. The van der Waals surface area contributed by atoms with Gasteiger partial charge < -0.3 is 14.6 Å². The average Bonchev–Trinajstić information content (AvgIpc) is 2.40. The van der Waals surface area contributed by atoms with Gasteiger partial charge in [0.2, 0.25) is 0 Å². The topological polar surface area (TPSA) is 38.7 Å². The maximum absolute atomic E-state index is 9.99. The van der Waals surface area contributed by atoms with Crippen LogP contribution in [-0.4, -0.2) is 17.7 Å². The van der Waals surface area contributed by atoms with Crippen molar-refractivity contribution in [3.05, 3.63) is 54.6 Å². The fourth-order valence-corrected chi connectivity index (χ4v) is 1.91. The number of benzene rings is 2. The molecule has 2 aromatic rings. The van der Waals surface area contributed by atoms with Gasteiger partial charge in [-0.1, -0.05) is 48.5 Å². The third kappa shape index (κ3) is 3.56. The highest BCUT2D eigenvalue weighted by Gasteiger charge is 2.24. The summed E-state index contributed by atoms with van der Waals surface area (Å²) in [6.07, 6.45) is 0. The molecule has 0 aliphatic rings. The van der Waals surface area contributed by atoms with Crippen LogP contribution in [0.25, 0.3) is 11.1 Å². The summed E-state index contributed by atoms with van der Waals surface area (Å²) in [6, 6.07) is 17.5. The lowest BCUT2D eigenvalue weighted by Crippen LogP contribution is -2.35. The van der Waals surface area contributed by atoms with Gasteiger partial charge in [0.15, 0.2) is 0 Å². The van der Waals surface area contributed by atoms with Crippen LogP contribution in [0, 0.1) is 0 Å². The van der Waals surface area contributed by atoms with E-state index in [1.54, 1.807) is 6.92 Å². The van der Waals surface area contributed by atoms with Crippen LogP contribution in [0.3, 0.4) is 0 Å². The molecule has 0 amide bonds. The molecule has 1 unspecified atom stereocenters. The fourth-order valence-electron chi connectivity index (χ4n) is 1.91. The lowest BCUT2D eigenvalue weighted by Gasteiger charge is -2.25. The van der Waals surface area contributed by atoms with E-state index in [4.69, 9.17) is 9.47 Å². The van der Waals surface area contributed by atoms with Crippen LogP contribution in [0.1, 0.15) is 13.8 Å². The highest BCUT2D eigenvalue weighted by Crippen LogP contribution is 2.31. The zero-order chi connectivity index (χ0) is 13.7. The lowest BCUT2D eigenvalue weighted by atomic mass is 10.1. The van der Waals surface area contributed by atoms with E-state index in [2.05, 4.69) is 0 Å². The van der Waals surface area contributed by atoms with Crippen LogP contribution < -0.4 is 4.74 Å². The van der Waals surface area contributed by atoms with Crippen LogP contribution in [0.4, 0.5) is 0 Å². The van der Waals surface area contributed by atoms with E-state index in [1.807, 2.05) is 54.6 Å². The van der Waals surface area contributed by atoms with Gasteiger partial charge in [-0.05, 0) is 18.6 Å². The molecule has 3 nitrogen and oxygen atoms in total. The predicted octanol–water partition coefficient (Wildman–Crippen LogP) is 3.43. The molecular weight excluding hydrogens is 240 g/mol. The van der Waals surface area contributed by atoms with E-state index in [0.717, 1.165) is 11.1 Å². The van der Waals surface area contributed by atoms with E-state index in [9.17, 15) is 5.11 Å². The number of hydrogen-bond donors (Lipinski definition) is 1. The Hall–Kier alpha value is -1.84. The predicted molar refractivity (Wildman–Crippen MR) is 74.8 cm³/mol. The molecule has 0 saturated heterocycles. The largest absolute Gasteiger partial charge is 0.439 e. The first-order valence-electron chi connectivity index (χ1n) is 6.32. The monoisotopic (exact) mass is 258 g/mol. The first kappa shape index (κ1) is 13.6. The van der Waals surface area contributed by atoms with E-state index >= 15 is 0 Å². The van der Waals surface area contributed by atoms with Crippen LogP contribution in [0.5, 0.6) is 5.75 Å². The molecule has 0 heterocycles. The van der Waals surface area contributed by atoms with Crippen molar-refractivity contribution in [3.8, 4) is 16.9 Å². The van der Waals surface area contributed by atoms with E-state index in [-0.39, 0.29) is 0 Å². The van der Waals surface area contributed by atoms with E-state index in [0.29, 0.717) is 12.4 Å². The minimum Gasteiger partial charge on any atom is -0.439 e. The quantitative estimate of drug-likeness (QED) is 0.835. The smallest absolute Gasteiger partial charge is 0.321 e. The molecule has 0 saturated carbocycles. The second-order valence-corrected chi connectivity index (χ2v) is 4.30. The minimum atomic E-state index is -1.63. The van der Waals surface area contributed by atoms with Crippen LogP contribution >= 0.6 is 0 Å². The minimum absolute atomic E-state index is 0.375.